The molecule has 9 heteroatoms. The number of anilines is 1. The highest BCUT2D eigenvalue weighted by Crippen LogP contribution is 2.48. The van der Waals surface area contributed by atoms with Gasteiger partial charge in [0.2, 0.25) is 0 Å². The lowest BCUT2D eigenvalue weighted by Gasteiger charge is -2.35. The molecule has 1 amide bonds. The maximum Gasteiger partial charge on any atom is 0.276 e. The number of carbonyl (C=O) groups is 1. The fourth-order valence-electron chi connectivity index (χ4n) is 4.68. The quantitative estimate of drug-likeness (QED) is 0.105. The first-order valence-electron chi connectivity index (χ1n) is 12.9. The van der Waals surface area contributed by atoms with Crippen LogP contribution in [0.15, 0.2) is 127 Å². The van der Waals surface area contributed by atoms with Gasteiger partial charge in [-0.15, -0.1) is 11.8 Å². The summed E-state index contributed by atoms with van der Waals surface area (Å²) < 4.78 is 0.960. The fraction of sp³-hybridized carbons (Fsp3) is 0.125. The van der Waals surface area contributed by atoms with Crippen LogP contribution in [-0.4, -0.2) is 46.3 Å². The maximum absolute atomic E-state index is 13.9. The van der Waals surface area contributed by atoms with Gasteiger partial charge in [0.05, 0.1) is 22.8 Å². The van der Waals surface area contributed by atoms with Gasteiger partial charge in [-0.2, -0.15) is 5.10 Å². The smallest absolute Gasteiger partial charge is 0.276 e. The number of hydrogen-bond donors (Lipinski definition) is 0. The molecule has 0 aliphatic carbocycles. The molecule has 0 fully saturated rings. The zero-order valence-corrected chi connectivity index (χ0v) is 24.2. The SMILES string of the molecule is CO/N=C(\CSC(c1ccccc1)(c1ccccc1)c1ccccc1)C(=O)N(C)c1cn(-c2cccnc2)nc1Cl. The van der Waals surface area contributed by atoms with Crippen LogP contribution in [0.5, 0.6) is 0 Å². The fourth-order valence-corrected chi connectivity index (χ4v) is 6.37. The first-order chi connectivity index (χ1) is 20.0. The Kier molecular flexibility index (Phi) is 8.82. The highest BCUT2D eigenvalue weighted by atomic mass is 35.5. The highest BCUT2D eigenvalue weighted by Gasteiger charge is 2.38. The number of thioether (sulfide) groups is 1. The lowest BCUT2D eigenvalue weighted by molar-refractivity contribution is -0.112. The lowest BCUT2D eigenvalue weighted by Crippen LogP contribution is -2.36. The monoisotopic (exact) mass is 581 g/mol. The van der Waals surface area contributed by atoms with Crippen LogP contribution >= 0.6 is 23.4 Å². The minimum Gasteiger partial charge on any atom is -0.399 e. The zero-order valence-electron chi connectivity index (χ0n) is 22.6. The van der Waals surface area contributed by atoms with Gasteiger partial charge in [0, 0.05) is 19.0 Å². The van der Waals surface area contributed by atoms with E-state index < -0.39 is 4.75 Å². The van der Waals surface area contributed by atoms with E-state index in [0.29, 0.717) is 5.69 Å². The van der Waals surface area contributed by atoms with Crippen molar-refractivity contribution in [2.45, 2.75) is 4.75 Å². The van der Waals surface area contributed by atoms with Crippen LogP contribution in [0.4, 0.5) is 5.69 Å². The van der Waals surface area contributed by atoms with Crippen molar-refractivity contribution in [1.29, 1.82) is 0 Å². The van der Waals surface area contributed by atoms with Crippen LogP contribution in [0.25, 0.3) is 5.69 Å². The molecular weight excluding hydrogens is 554 g/mol. The van der Waals surface area contributed by atoms with E-state index in [1.807, 2.05) is 60.7 Å². The summed E-state index contributed by atoms with van der Waals surface area (Å²) in [5, 5.41) is 8.72. The zero-order chi connectivity index (χ0) is 28.7. The van der Waals surface area contributed by atoms with E-state index in [0.717, 1.165) is 22.4 Å². The molecule has 5 rings (SSSR count). The van der Waals surface area contributed by atoms with E-state index in [1.165, 1.54) is 12.0 Å². The van der Waals surface area contributed by atoms with E-state index in [9.17, 15) is 4.79 Å². The van der Waals surface area contributed by atoms with Crippen molar-refractivity contribution < 1.29 is 9.63 Å². The molecule has 41 heavy (non-hydrogen) atoms. The molecule has 0 N–H and O–H groups in total. The third-order valence-electron chi connectivity index (χ3n) is 6.64. The first kappa shape index (κ1) is 28.1. The Labute approximate surface area is 248 Å². The lowest BCUT2D eigenvalue weighted by atomic mass is 9.84. The van der Waals surface area contributed by atoms with E-state index in [2.05, 4.69) is 51.6 Å². The molecule has 7 nitrogen and oxygen atoms in total. The van der Waals surface area contributed by atoms with Gasteiger partial charge in [-0.1, -0.05) is 108 Å². The van der Waals surface area contributed by atoms with Crippen molar-refractivity contribution in [2.24, 2.45) is 5.16 Å². The first-order valence-corrected chi connectivity index (χ1v) is 14.2. The van der Waals surface area contributed by atoms with Crippen molar-refractivity contribution in [3.05, 3.63) is 144 Å². The summed E-state index contributed by atoms with van der Waals surface area (Å²) in [6.07, 6.45) is 5.04. The number of pyridine rings is 1. The minimum absolute atomic E-state index is 0.182. The highest BCUT2D eigenvalue weighted by molar-refractivity contribution is 8.01. The molecule has 0 aliphatic heterocycles. The molecular formula is C32H28ClN5O2S. The van der Waals surface area contributed by atoms with Crippen LogP contribution in [0.3, 0.4) is 0 Å². The third-order valence-corrected chi connectivity index (χ3v) is 8.47. The molecule has 206 valence electrons. The Hall–Kier alpha value is -4.40. The molecule has 0 bridgehead atoms. The van der Waals surface area contributed by atoms with Gasteiger partial charge in [-0.25, -0.2) is 4.68 Å². The van der Waals surface area contributed by atoms with Crippen LogP contribution < -0.4 is 4.90 Å². The maximum atomic E-state index is 13.9. The number of benzene rings is 3. The van der Waals surface area contributed by atoms with Crippen LogP contribution in [-0.2, 0) is 14.4 Å². The Bertz CT molecular complexity index is 1520. The predicted molar refractivity (Wildman–Crippen MR) is 166 cm³/mol. The van der Waals surface area contributed by atoms with Gasteiger partial charge in [0.1, 0.15) is 12.8 Å². The summed E-state index contributed by atoms with van der Waals surface area (Å²) >= 11 is 8.09. The summed E-state index contributed by atoms with van der Waals surface area (Å²) in [6, 6.07) is 34.5. The molecule has 0 spiro atoms. The Morgan fingerprint density at radius 2 is 1.49 bits per heavy atom. The van der Waals surface area contributed by atoms with E-state index in [-0.39, 0.29) is 22.5 Å². The van der Waals surface area contributed by atoms with Gasteiger partial charge in [-0.05, 0) is 28.8 Å². The molecule has 2 aromatic heterocycles. The molecule has 3 aromatic carbocycles. The molecule has 0 radical (unpaired) electrons. The van der Waals surface area contributed by atoms with E-state index in [4.69, 9.17) is 16.4 Å². The molecule has 0 saturated carbocycles. The summed E-state index contributed by atoms with van der Waals surface area (Å²) in [4.78, 5) is 24.6. The predicted octanol–water partition coefficient (Wildman–Crippen LogP) is 6.61. The average molecular weight is 582 g/mol. The van der Waals surface area contributed by atoms with Crippen LogP contribution in [0.2, 0.25) is 5.15 Å². The Morgan fingerprint density at radius 3 is 1.98 bits per heavy atom. The van der Waals surface area contributed by atoms with E-state index >= 15 is 0 Å². The number of hydrogen-bond acceptors (Lipinski definition) is 6. The van der Waals surface area contributed by atoms with Gasteiger partial charge < -0.3 is 9.74 Å². The normalized spacial score (nSPS) is 11.7. The summed E-state index contributed by atoms with van der Waals surface area (Å²) in [5.41, 5.74) is 4.65. The number of halogens is 1. The van der Waals surface area contributed by atoms with Crippen LogP contribution in [0.1, 0.15) is 16.7 Å². The number of oxime groups is 1. The number of aromatic nitrogens is 3. The van der Waals surface area contributed by atoms with E-state index in [1.54, 1.807) is 48.1 Å². The largest absolute Gasteiger partial charge is 0.399 e. The Balaban J connectivity index is 1.51. The number of amides is 1. The van der Waals surface area contributed by atoms with Gasteiger partial charge in [-0.3, -0.25) is 9.78 Å². The van der Waals surface area contributed by atoms with Crippen molar-refractivity contribution in [2.75, 3.05) is 24.8 Å². The summed E-state index contributed by atoms with van der Waals surface area (Å²) in [6.45, 7) is 0. The number of carbonyl (C=O) groups excluding carboxylic acids is 1. The topological polar surface area (TPSA) is 72.6 Å². The molecule has 0 unspecified atom stereocenters. The number of nitrogens with zero attached hydrogens (tertiary/aromatic N) is 5. The molecule has 0 atom stereocenters. The van der Waals surface area contributed by atoms with Crippen molar-refractivity contribution in [3.8, 4) is 5.69 Å². The summed E-state index contributed by atoms with van der Waals surface area (Å²) in [5.74, 6) is -0.0978. The minimum atomic E-state index is -0.625. The van der Waals surface area contributed by atoms with Crippen molar-refractivity contribution >= 4 is 40.7 Å². The average Bonchev–Trinajstić information content (AvgIpc) is 3.43. The van der Waals surface area contributed by atoms with Crippen LogP contribution in [0, 0.1) is 0 Å². The molecule has 5 aromatic rings. The van der Waals surface area contributed by atoms with Crippen molar-refractivity contribution in [3.63, 3.8) is 0 Å². The number of rotatable bonds is 10. The second kappa shape index (κ2) is 12.8. The third kappa shape index (κ3) is 5.89. The van der Waals surface area contributed by atoms with Crippen molar-refractivity contribution in [1.82, 2.24) is 14.8 Å². The molecule has 0 aliphatic rings. The summed E-state index contributed by atoms with van der Waals surface area (Å²) in [7, 11) is 3.08. The Morgan fingerprint density at radius 1 is 0.927 bits per heavy atom. The van der Waals surface area contributed by atoms with Gasteiger partial charge in [0.15, 0.2) is 10.9 Å². The van der Waals surface area contributed by atoms with Gasteiger partial charge >= 0.3 is 0 Å². The second-order valence-corrected chi connectivity index (χ2v) is 10.7. The molecule has 0 saturated heterocycles. The molecule has 2 heterocycles. The standard InChI is InChI=1S/C32H28ClN5O2S/c1-37(29-22-38(35-30(29)33)27-19-12-20-34-21-27)31(39)28(36-40-2)23-41-32(24-13-6-3-7-14-24,25-15-8-4-9-16-25)26-17-10-5-11-18-26/h3-22H,23H2,1-2H3/b36-28+. The van der Waals surface area contributed by atoms with Gasteiger partial charge in [0.25, 0.3) is 5.91 Å². The second-order valence-electron chi connectivity index (χ2n) is 9.11.